The molecule has 120 valence electrons. The van der Waals surface area contributed by atoms with Crippen LogP contribution in [-0.4, -0.2) is 21.0 Å². The van der Waals surface area contributed by atoms with Gasteiger partial charge in [0, 0.05) is 12.6 Å². The summed E-state index contributed by atoms with van der Waals surface area (Å²) in [6, 6.07) is 5.28. The van der Waals surface area contributed by atoms with Gasteiger partial charge in [-0.05, 0) is 54.9 Å². The molecule has 1 saturated carbocycles. The second-order valence-electron chi connectivity index (χ2n) is 5.44. The molecule has 1 aliphatic rings. The van der Waals surface area contributed by atoms with Crippen LogP contribution in [-0.2, 0) is 22.9 Å². The highest BCUT2D eigenvalue weighted by molar-refractivity contribution is 7.89. The monoisotopic (exact) mass is 332 g/mol. The van der Waals surface area contributed by atoms with Gasteiger partial charge in [0.05, 0.1) is 4.90 Å². The minimum Gasteiger partial charge on any atom is -0.329 e. The van der Waals surface area contributed by atoms with Crippen molar-refractivity contribution >= 4 is 22.4 Å². The average molecular weight is 333 g/mol. The zero-order chi connectivity index (χ0) is 14.8. The molecule has 0 heterocycles. The fraction of sp³-hybridized carbons (Fsp3) is 0.600. The normalized spacial score (nSPS) is 16.3. The van der Waals surface area contributed by atoms with Crippen molar-refractivity contribution in [2.24, 2.45) is 11.7 Å². The Morgan fingerprint density at radius 2 is 1.86 bits per heavy atom. The summed E-state index contributed by atoms with van der Waals surface area (Å²) < 4.78 is 27.6. The molecule has 0 radical (unpaired) electrons. The Hall–Kier alpha value is -0.620. The summed E-state index contributed by atoms with van der Waals surface area (Å²) in [7, 11) is -3.46. The van der Waals surface area contributed by atoms with Gasteiger partial charge in [0.1, 0.15) is 0 Å². The summed E-state index contributed by atoms with van der Waals surface area (Å²) in [6.07, 6.45) is 3.90. The molecule has 1 aromatic carbocycles. The average Bonchev–Trinajstić information content (AvgIpc) is 3.28. The summed E-state index contributed by atoms with van der Waals surface area (Å²) >= 11 is 0. The third-order valence-electron chi connectivity index (χ3n) is 4.00. The quantitative estimate of drug-likeness (QED) is 0.804. The topological polar surface area (TPSA) is 72.2 Å². The van der Waals surface area contributed by atoms with Gasteiger partial charge in [0.15, 0.2) is 0 Å². The molecule has 4 nitrogen and oxygen atoms in total. The van der Waals surface area contributed by atoms with E-state index in [2.05, 4.69) is 11.6 Å². The predicted molar refractivity (Wildman–Crippen MR) is 88.3 cm³/mol. The van der Waals surface area contributed by atoms with Crippen molar-refractivity contribution in [1.82, 2.24) is 4.72 Å². The molecular weight excluding hydrogens is 308 g/mol. The molecule has 21 heavy (non-hydrogen) atoms. The number of aryl methyl sites for hydroxylation is 2. The van der Waals surface area contributed by atoms with Gasteiger partial charge in [-0.2, -0.15) is 0 Å². The number of hydrogen-bond acceptors (Lipinski definition) is 3. The standard InChI is InChI=1S/C15H24N2O2S.ClH/c1-3-11-7-8-14(9-12(11)4-2)20(18,19)17-15(10-16)13-5-6-13;/h7-9,13,15,17H,3-6,10,16H2,1-2H3;1H. The lowest BCUT2D eigenvalue weighted by molar-refractivity contribution is 0.519. The Kier molecular flexibility index (Phi) is 6.66. The Morgan fingerprint density at radius 3 is 2.33 bits per heavy atom. The van der Waals surface area contributed by atoms with E-state index in [-0.39, 0.29) is 18.4 Å². The van der Waals surface area contributed by atoms with Crippen molar-refractivity contribution in [3.63, 3.8) is 0 Å². The van der Waals surface area contributed by atoms with Crippen molar-refractivity contribution in [2.75, 3.05) is 6.54 Å². The number of hydrogen-bond donors (Lipinski definition) is 2. The van der Waals surface area contributed by atoms with Crippen molar-refractivity contribution < 1.29 is 8.42 Å². The maximum absolute atomic E-state index is 12.4. The van der Waals surface area contributed by atoms with Gasteiger partial charge < -0.3 is 5.73 Å². The highest BCUT2D eigenvalue weighted by Crippen LogP contribution is 2.33. The van der Waals surface area contributed by atoms with Crippen LogP contribution in [0.5, 0.6) is 0 Å². The first-order valence-electron chi connectivity index (χ1n) is 7.36. The molecule has 0 amide bonds. The number of rotatable bonds is 7. The Labute approximate surface area is 134 Å². The van der Waals surface area contributed by atoms with E-state index in [9.17, 15) is 8.42 Å². The van der Waals surface area contributed by atoms with Crippen LogP contribution in [0.2, 0.25) is 0 Å². The number of halogens is 1. The van der Waals surface area contributed by atoms with Crippen molar-refractivity contribution in [3.8, 4) is 0 Å². The smallest absolute Gasteiger partial charge is 0.240 e. The van der Waals surface area contributed by atoms with Crippen LogP contribution in [0.15, 0.2) is 23.1 Å². The van der Waals surface area contributed by atoms with E-state index in [1.54, 1.807) is 12.1 Å². The maximum Gasteiger partial charge on any atom is 0.240 e. The third-order valence-corrected chi connectivity index (χ3v) is 5.49. The minimum absolute atomic E-state index is 0. The molecule has 1 aliphatic carbocycles. The van der Waals surface area contributed by atoms with Gasteiger partial charge in [-0.1, -0.05) is 19.9 Å². The van der Waals surface area contributed by atoms with Crippen LogP contribution in [0, 0.1) is 5.92 Å². The van der Waals surface area contributed by atoms with Crippen molar-refractivity contribution in [1.29, 1.82) is 0 Å². The maximum atomic E-state index is 12.4. The molecular formula is C15H25ClN2O2S. The molecule has 6 heteroatoms. The fourth-order valence-electron chi connectivity index (χ4n) is 2.55. The minimum atomic E-state index is -3.46. The molecule has 3 N–H and O–H groups in total. The number of benzene rings is 1. The van der Waals surface area contributed by atoms with Crippen LogP contribution in [0.25, 0.3) is 0 Å². The zero-order valence-corrected chi connectivity index (χ0v) is 14.3. The molecule has 1 unspecified atom stereocenters. The van der Waals surface area contributed by atoms with E-state index in [4.69, 9.17) is 5.73 Å². The van der Waals surface area contributed by atoms with Gasteiger partial charge >= 0.3 is 0 Å². The van der Waals surface area contributed by atoms with Gasteiger partial charge in [0.2, 0.25) is 10.0 Å². The van der Waals surface area contributed by atoms with Crippen LogP contribution in [0.1, 0.15) is 37.8 Å². The predicted octanol–water partition coefficient (Wildman–Crippen LogP) is 2.25. The first-order chi connectivity index (χ1) is 9.51. The second-order valence-corrected chi connectivity index (χ2v) is 7.15. The van der Waals surface area contributed by atoms with Gasteiger partial charge in [-0.3, -0.25) is 0 Å². The lowest BCUT2D eigenvalue weighted by Crippen LogP contribution is -2.41. The Bertz CT molecular complexity index is 571. The van der Waals surface area contributed by atoms with Crippen LogP contribution in [0.4, 0.5) is 0 Å². The molecule has 2 rings (SSSR count). The first-order valence-corrected chi connectivity index (χ1v) is 8.84. The molecule has 1 fully saturated rings. The second kappa shape index (κ2) is 7.58. The van der Waals surface area contributed by atoms with Crippen molar-refractivity contribution in [2.45, 2.75) is 50.5 Å². The molecule has 0 aliphatic heterocycles. The Morgan fingerprint density at radius 1 is 1.24 bits per heavy atom. The number of nitrogens with two attached hydrogens (primary N) is 1. The third kappa shape index (κ3) is 4.42. The van der Waals surface area contributed by atoms with E-state index in [1.807, 2.05) is 13.0 Å². The van der Waals surface area contributed by atoms with E-state index in [0.29, 0.717) is 17.4 Å². The molecule has 0 saturated heterocycles. The lowest BCUT2D eigenvalue weighted by atomic mass is 10.0. The number of sulfonamides is 1. The summed E-state index contributed by atoms with van der Waals surface area (Å²) in [5.74, 6) is 0.412. The van der Waals surface area contributed by atoms with E-state index >= 15 is 0 Å². The summed E-state index contributed by atoms with van der Waals surface area (Å²) in [6.45, 7) is 4.49. The highest BCUT2D eigenvalue weighted by atomic mass is 35.5. The summed E-state index contributed by atoms with van der Waals surface area (Å²) in [5.41, 5.74) is 7.99. The molecule has 0 bridgehead atoms. The highest BCUT2D eigenvalue weighted by Gasteiger charge is 2.33. The molecule has 1 atom stereocenters. The van der Waals surface area contributed by atoms with E-state index < -0.39 is 10.0 Å². The van der Waals surface area contributed by atoms with E-state index in [1.165, 1.54) is 5.56 Å². The fourth-order valence-corrected chi connectivity index (χ4v) is 3.91. The molecule has 0 aromatic heterocycles. The molecule has 1 aromatic rings. The van der Waals surface area contributed by atoms with Crippen LogP contribution >= 0.6 is 12.4 Å². The van der Waals surface area contributed by atoms with Crippen LogP contribution < -0.4 is 10.5 Å². The number of nitrogens with one attached hydrogen (secondary N) is 1. The zero-order valence-electron chi connectivity index (χ0n) is 12.6. The SMILES string of the molecule is CCc1ccc(S(=O)(=O)NC(CN)C2CC2)cc1CC.Cl. The molecule has 0 spiro atoms. The van der Waals surface area contributed by atoms with E-state index in [0.717, 1.165) is 31.2 Å². The summed E-state index contributed by atoms with van der Waals surface area (Å²) in [5, 5.41) is 0. The van der Waals surface area contributed by atoms with Crippen molar-refractivity contribution in [3.05, 3.63) is 29.3 Å². The largest absolute Gasteiger partial charge is 0.329 e. The van der Waals surface area contributed by atoms with Gasteiger partial charge in [0.25, 0.3) is 0 Å². The lowest BCUT2D eigenvalue weighted by Gasteiger charge is -2.17. The Balaban J connectivity index is 0.00000220. The summed E-state index contributed by atoms with van der Waals surface area (Å²) in [4.78, 5) is 0.352. The first kappa shape index (κ1) is 18.4. The van der Waals surface area contributed by atoms with Crippen LogP contribution in [0.3, 0.4) is 0 Å². The van der Waals surface area contributed by atoms with Gasteiger partial charge in [-0.15, -0.1) is 12.4 Å². The van der Waals surface area contributed by atoms with Gasteiger partial charge in [-0.25, -0.2) is 13.1 Å².